The fourth-order valence-electron chi connectivity index (χ4n) is 1.16. The van der Waals surface area contributed by atoms with Crippen molar-refractivity contribution in [1.82, 2.24) is 9.97 Å². The van der Waals surface area contributed by atoms with Crippen molar-refractivity contribution < 1.29 is 13.2 Å². The number of nitrogens with two attached hydrogens (primary N) is 1. The van der Waals surface area contributed by atoms with Gasteiger partial charge in [0.05, 0.1) is 0 Å². The highest BCUT2D eigenvalue weighted by Gasteiger charge is 2.33. The fraction of sp³-hybridized carbons (Fsp3) is 0.636. The van der Waals surface area contributed by atoms with Crippen LogP contribution in [-0.2, 0) is 12.6 Å². The van der Waals surface area contributed by atoms with Gasteiger partial charge in [0.15, 0.2) is 0 Å². The molecule has 0 bridgehead atoms. The third-order valence-electron chi connectivity index (χ3n) is 2.51. The van der Waals surface area contributed by atoms with Crippen LogP contribution in [0.2, 0.25) is 0 Å². The molecular weight excluding hydrogens is 231 g/mol. The monoisotopic (exact) mass is 247 g/mol. The lowest BCUT2D eigenvalue weighted by Gasteiger charge is -2.26. The number of hydrogen-bond donors (Lipinski definition) is 1. The van der Waals surface area contributed by atoms with Crippen molar-refractivity contribution in [3.8, 4) is 0 Å². The summed E-state index contributed by atoms with van der Waals surface area (Å²) in [6.45, 7) is 5.77. The van der Waals surface area contributed by atoms with E-state index in [1.165, 1.54) is 0 Å². The molecule has 3 nitrogen and oxygen atoms in total. The molecular formula is C11H16F3N3. The molecule has 0 amide bonds. The predicted molar refractivity (Wildman–Crippen MR) is 58.2 cm³/mol. The summed E-state index contributed by atoms with van der Waals surface area (Å²) >= 11 is 0. The van der Waals surface area contributed by atoms with E-state index in [0.717, 1.165) is 12.3 Å². The third-order valence-corrected chi connectivity index (χ3v) is 2.51. The van der Waals surface area contributed by atoms with E-state index in [2.05, 4.69) is 9.97 Å². The summed E-state index contributed by atoms with van der Waals surface area (Å²) < 4.78 is 37.3. The fourth-order valence-corrected chi connectivity index (χ4v) is 1.16. The average Bonchev–Trinajstić information content (AvgIpc) is 2.15. The lowest BCUT2D eigenvalue weighted by Crippen LogP contribution is -2.37. The van der Waals surface area contributed by atoms with Crippen molar-refractivity contribution in [3.05, 3.63) is 23.8 Å². The van der Waals surface area contributed by atoms with Crippen LogP contribution < -0.4 is 5.73 Å². The lowest BCUT2D eigenvalue weighted by atomic mass is 9.85. The standard InChI is InChI=1S/C11H16F3N3/c1-10(2,3)7(15)6-9-16-5-4-8(17-9)11(12,13)14/h4-5,7H,6,15H2,1-3H3. The number of nitrogens with zero attached hydrogens (tertiary/aromatic N) is 2. The van der Waals surface area contributed by atoms with Crippen LogP contribution in [-0.4, -0.2) is 16.0 Å². The largest absolute Gasteiger partial charge is 0.433 e. The van der Waals surface area contributed by atoms with E-state index in [4.69, 9.17) is 5.73 Å². The average molecular weight is 247 g/mol. The zero-order valence-electron chi connectivity index (χ0n) is 10.0. The maximum absolute atomic E-state index is 12.4. The smallest absolute Gasteiger partial charge is 0.327 e. The van der Waals surface area contributed by atoms with E-state index in [0.29, 0.717) is 0 Å². The maximum Gasteiger partial charge on any atom is 0.433 e. The van der Waals surface area contributed by atoms with Crippen LogP contribution >= 0.6 is 0 Å². The Labute approximate surface area is 98.3 Å². The van der Waals surface area contributed by atoms with Crippen LogP contribution in [0.4, 0.5) is 13.2 Å². The second-order valence-electron chi connectivity index (χ2n) is 5.03. The van der Waals surface area contributed by atoms with Crippen molar-refractivity contribution in [3.63, 3.8) is 0 Å². The minimum Gasteiger partial charge on any atom is -0.327 e. The van der Waals surface area contributed by atoms with E-state index in [-0.39, 0.29) is 23.7 Å². The first-order chi connectivity index (χ1) is 7.60. The Kier molecular flexibility index (Phi) is 3.76. The van der Waals surface area contributed by atoms with Gasteiger partial charge in [-0.15, -0.1) is 0 Å². The van der Waals surface area contributed by atoms with Crippen LogP contribution in [0.1, 0.15) is 32.3 Å². The molecule has 0 saturated heterocycles. The number of rotatable bonds is 2. The molecule has 0 aliphatic carbocycles. The van der Waals surface area contributed by atoms with Crippen molar-refractivity contribution in [2.45, 2.75) is 39.4 Å². The number of aromatic nitrogens is 2. The van der Waals surface area contributed by atoms with Gasteiger partial charge in [0.25, 0.3) is 0 Å². The van der Waals surface area contributed by atoms with E-state index in [9.17, 15) is 13.2 Å². The zero-order chi connectivity index (χ0) is 13.3. The Morgan fingerprint density at radius 3 is 2.35 bits per heavy atom. The maximum atomic E-state index is 12.4. The summed E-state index contributed by atoms with van der Waals surface area (Å²) in [6.07, 6.45) is -3.10. The van der Waals surface area contributed by atoms with Crippen molar-refractivity contribution >= 4 is 0 Å². The summed E-state index contributed by atoms with van der Waals surface area (Å²) in [6, 6.07) is 0.567. The normalized spacial score (nSPS) is 14.8. The van der Waals surface area contributed by atoms with Gasteiger partial charge in [-0.1, -0.05) is 20.8 Å². The Hall–Kier alpha value is -1.17. The minimum absolute atomic E-state index is 0.127. The molecule has 0 aromatic carbocycles. The molecule has 6 heteroatoms. The predicted octanol–water partition coefficient (Wildman–Crippen LogP) is 2.41. The van der Waals surface area contributed by atoms with Crippen LogP contribution in [0.15, 0.2) is 12.3 Å². The molecule has 0 aliphatic rings. The highest BCUT2D eigenvalue weighted by atomic mass is 19.4. The van der Waals surface area contributed by atoms with Gasteiger partial charge in [0, 0.05) is 18.7 Å². The molecule has 1 rings (SSSR count). The molecule has 17 heavy (non-hydrogen) atoms. The molecule has 96 valence electrons. The van der Waals surface area contributed by atoms with Gasteiger partial charge in [-0.3, -0.25) is 0 Å². The van der Waals surface area contributed by atoms with E-state index in [1.54, 1.807) is 0 Å². The molecule has 1 heterocycles. The Morgan fingerprint density at radius 2 is 1.88 bits per heavy atom. The van der Waals surface area contributed by atoms with Gasteiger partial charge < -0.3 is 5.73 Å². The number of hydrogen-bond acceptors (Lipinski definition) is 3. The lowest BCUT2D eigenvalue weighted by molar-refractivity contribution is -0.141. The molecule has 1 aromatic heterocycles. The topological polar surface area (TPSA) is 51.8 Å². The molecule has 0 radical (unpaired) electrons. The van der Waals surface area contributed by atoms with E-state index < -0.39 is 11.9 Å². The molecule has 0 saturated carbocycles. The first-order valence-electron chi connectivity index (χ1n) is 5.25. The second-order valence-corrected chi connectivity index (χ2v) is 5.03. The van der Waals surface area contributed by atoms with Gasteiger partial charge >= 0.3 is 6.18 Å². The molecule has 0 fully saturated rings. The summed E-state index contributed by atoms with van der Waals surface area (Å²) in [5.41, 5.74) is 4.76. The molecule has 1 atom stereocenters. The van der Waals surface area contributed by atoms with Crippen LogP contribution in [0, 0.1) is 5.41 Å². The molecule has 1 aromatic rings. The summed E-state index contributed by atoms with van der Waals surface area (Å²) in [7, 11) is 0. The first kappa shape index (κ1) is 13.9. The first-order valence-corrected chi connectivity index (χ1v) is 5.25. The summed E-state index contributed by atoms with van der Waals surface area (Å²) in [4.78, 5) is 7.30. The van der Waals surface area contributed by atoms with Gasteiger partial charge in [0.1, 0.15) is 11.5 Å². The number of alkyl halides is 3. The summed E-state index contributed by atoms with van der Waals surface area (Å²) in [5.74, 6) is 0.127. The highest BCUT2D eigenvalue weighted by molar-refractivity contribution is 5.07. The Balaban J connectivity index is 2.87. The van der Waals surface area contributed by atoms with Crippen LogP contribution in [0.25, 0.3) is 0 Å². The van der Waals surface area contributed by atoms with Crippen molar-refractivity contribution in [1.29, 1.82) is 0 Å². The molecule has 1 unspecified atom stereocenters. The van der Waals surface area contributed by atoms with E-state index in [1.807, 2.05) is 20.8 Å². The van der Waals surface area contributed by atoms with Crippen LogP contribution in [0.5, 0.6) is 0 Å². The van der Waals surface area contributed by atoms with E-state index >= 15 is 0 Å². The summed E-state index contributed by atoms with van der Waals surface area (Å²) in [5, 5.41) is 0. The third kappa shape index (κ3) is 3.96. The van der Waals surface area contributed by atoms with Crippen LogP contribution in [0.3, 0.4) is 0 Å². The zero-order valence-corrected chi connectivity index (χ0v) is 10.0. The Bertz CT molecular complexity index is 382. The molecule has 0 spiro atoms. The SMILES string of the molecule is CC(C)(C)C(N)Cc1nccc(C(F)(F)F)n1. The quantitative estimate of drug-likeness (QED) is 0.873. The van der Waals surface area contributed by atoms with Gasteiger partial charge in [-0.05, 0) is 11.5 Å². The minimum atomic E-state index is -4.44. The molecule has 2 N–H and O–H groups in total. The van der Waals surface area contributed by atoms with Gasteiger partial charge in [0.2, 0.25) is 0 Å². The molecule has 0 aliphatic heterocycles. The van der Waals surface area contributed by atoms with Crippen molar-refractivity contribution in [2.24, 2.45) is 11.1 Å². The van der Waals surface area contributed by atoms with Crippen molar-refractivity contribution in [2.75, 3.05) is 0 Å². The Morgan fingerprint density at radius 1 is 1.29 bits per heavy atom. The highest BCUT2D eigenvalue weighted by Crippen LogP contribution is 2.27. The van der Waals surface area contributed by atoms with Gasteiger partial charge in [-0.2, -0.15) is 13.2 Å². The number of halogens is 3. The van der Waals surface area contributed by atoms with Gasteiger partial charge in [-0.25, -0.2) is 9.97 Å². The second kappa shape index (κ2) is 4.60.